The van der Waals surface area contributed by atoms with Crippen molar-refractivity contribution in [2.75, 3.05) is 14.2 Å². The number of rotatable bonds is 4. The highest BCUT2D eigenvalue weighted by molar-refractivity contribution is 6.12. The van der Waals surface area contributed by atoms with Crippen molar-refractivity contribution in [1.29, 1.82) is 0 Å². The molecule has 1 aromatic heterocycles. The van der Waals surface area contributed by atoms with E-state index in [4.69, 9.17) is 9.47 Å². The predicted octanol–water partition coefficient (Wildman–Crippen LogP) is 2.43. The Hall–Kier alpha value is -3.02. The lowest BCUT2D eigenvalue weighted by molar-refractivity contribution is 0.111. The molecule has 22 heavy (non-hydrogen) atoms. The molecular weight excluding hydrogens is 284 g/mol. The molecule has 110 valence electrons. The Bertz CT molecular complexity index is 831. The summed E-state index contributed by atoms with van der Waals surface area (Å²) in [6.45, 7) is 0. The van der Waals surface area contributed by atoms with Gasteiger partial charge in [0.15, 0.2) is 12.6 Å². The number of fused-ring (bicyclic) bond motifs is 3. The van der Waals surface area contributed by atoms with Crippen molar-refractivity contribution >= 4 is 34.4 Å². The van der Waals surface area contributed by atoms with Crippen molar-refractivity contribution in [3.05, 3.63) is 35.4 Å². The molecule has 0 aliphatic rings. The topological polar surface area (TPSA) is 78.4 Å². The van der Waals surface area contributed by atoms with Crippen LogP contribution < -0.4 is 9.47 Å². The van der Waals surface area contributed by atoms with E-state index in [1.165, 1.54) is 14.2 Å². The van der Waals surface area contributed by atoms with Crippen LogP contribution >= 0.6 is 0 Å². The summed E-state index contributed by atoms with van der Waals surface area (Å²) < 4.78 is 10.4. The van der Waals surface area contributed by atoms with Crippen LogP contribution in [-0.4, -0.2) is 37.0 Å². The Morgan fingerprint density at radius 2 is 1.18 bits per heavy atom. The second kappa shape index (κ2) is 5.40. The number of aromatic nitrogens is 2. The van der Waals surface area contributed by atoms with Gasteiger partial charge in [0.05, 0.1) is 14.2 Å². The number of aldehydes is 2. The van der Waals surface area contributed by atoms with E-state index < -0.39 is 0 Å². The van der Waals surface area contributed by atoms with E-state index in [-0.39, 0.29) is 0 Å². The van der Waals surface area contributed by atoms with Crippen molar-refractivity contribution in [2.45, 2.75) is 0 Å². The minimum absolute atomic E-state index is 0.374. The molecule has 3 rings (SSSR count). The molecule has 6 heteroatoms. The molecule has 0 amide bonds. The van der Waals surface area contributed by atoms with Gasteiger partial charge in [0.25, 0.3) is 0 Å². The molecule has 0 aliphatic carbocycles. The van der Waals surface area contributed by atoms with Gasteiger partial charge in [-0.2, -0.15) is 0 Å². The van der Waals surface area contributed by atoms with E-state index in [1.807, 2.05) is 0 Å². The molecule has 0 fully saturated rings. The average molecular weight is 296 g/mol. The zero-order chi connectivity index (χ0) is 15.7. The normalized spacial score (nSPS) is 10.6. The Morgan fingerprint density at radius 3 is 1.50 bits per heavy atom. The third kappa shape index (κ3) is 2.05. The number of hydrogen-bond acceptors (Lipinski definition) is 6. The fourth-order valence-corrected chi connectivity index (χ4v) is 2.41. The van der Waals surface area contributed by atoms with E-state index in [1.54, 1.807) is 24.3 Å². The van der Waals surface area contributed by atoms with Gasteiger partial charge in [0.1, 0.15) is 22.5 Å². The van der Waals surface area contributed by atoms with Gasteiger partial charge < -0.3 is 9.47 Å². The van der Waals surface area contributed by atoms with Gasteiger partial charge in [0.2, 0.25) is 0 Å². The van der Waals surface area contributed by atoms with E-state index >= 15 is 0 Å². The summed E-state index contributed by atoms with van der Waals surface area (Å²) in [5.41, 5.74) is 1.65. The molecule has 0 saturated carbocycles. The molecule has 3 aromatic rings. The summed E-state index contributed by atoms with van der Waals surface area (Å²) in [4.78, 5) is 22.5. The number of hydrogen-bond donors (Lipinski definition) is 0. The highest BCUT2D eigenvalue weighted by Crippen LogP contribution is 2.31. The number of carbonyl (C=O) groups excluding carboxylic acids is 2. The van der Waals surface area contributed by atoms with Crippen molar-refractivity contribution in [3.8, 4) is 11.5 Å². The van der Waals surface area contributed by atoms with Gasteiger partial charge in [0, 0.05) is 21.9 Å². The highest BCUT2D eigenvalue weighted by atomic mass is 16.5. The quantitative estimate of drug-likeness (QED) is 0.543. The first-order valence-electron chi connectivity index (χ1n) is 6.48. The van der Waals surface area contributed by atoms with E-state index in [2.05, 4.69) is 10.2 Å². The number of methoxy groups -OCH3 is 2. The molecule has 2 aromatic carbocycles. The Balaban J connectivity index is 2.53. The van der Waals surface area contributed by atoms with Gasteiger partial charge in [-0.15, -0.1) is 10.2 Å². The maximum absolute atomic E-state index is 11.3. The lowest BCUT2D eigenvalue weighted by atomic mass is 10.0. The van der Waals surface area contributed by atoms with Gasteiger partial charge >= 0.3 is 0 Å². The summed E-state index contributed by atoms with van der Waals surface area (Å²) in [5.74, 6) is 1.05. The summed E-state index contributed by atoms with van der Waals surface area (Å²) >= 11 is 0. The lowest BCUT2D eigenvalue weighted by Crippen LogP contribution is -1.97. The Labute approximate surface area is 125 Å². The van der Waals surface area contributed by atoms with Crippen LogP contribution in [0.15, 0.2) is 24.3 Å². The largest absolute Gasteiger partial charge is 0.497 e. The molecule has 0 unspecified atom stereocenters. The van der Waals surface area contributed by atoms with Crippen LogP contribution in [0.1, 0.15) is 20.7 Å². The molecular formula is C16H12N2O4. The van der Waals surface area contributed by atoms with Crippen LogP contribution in [0.4, 0.5) is 0 Å². The van der Waals surface area contributed by atoms with Crippen LogP contribution in [0.2, 0.25) is 0 Å². The van der Waals surface area contributed by atoms with Gasteiger partial charge in [-0.25, -0.2) is 0 Å². The monoisotopic (exact) mass is 296 g/mol. The fraction of sp³-hybridized carbons (Fsp3) is 0.125. The first kappa shape index (κ1) is 13.9. The third-order valence-corrected chi connectivity index (χ3v) is 3.49. The van der Waals surface area contributed by atoms with Crippen LogP contribution in [0.25, 0.3) is 21.8 Å². The SMILES string of the molecule is COc1cc(C=O)c2nnc3c(C=O)cc(OC)cc3c2c1. The molecule has 0 bridgehead atoms. The highest BCUT2D eigenvalue weighted by Gasteiger charge is 2.13. The first-order valence-corrected chi connectivity index (χ1v) is 6.48. The number of benzene rings is 2. The van der Waals surface area contributed by atoms with Crippen molar-refractivity contribution in [1.82, 2.24) is 10.2 Å². The van der Waals surface area contributed by atoms with Crippen LogP contribution in [0, 0.1) is 0 Å². The van der Waals surface area contributed by atoms with Crippen molar-refractivity contribution < 1.29 is 19.1 Å². The summed E-state index contributed by atoms with van der Waals surface area (Å²) in [6, 6.07) is 6.70. The molecule has 0 saturated heterocycles. The minimum atomic E-state index is 0.374. The molecule has 0 atom stereocenters. The van der Waals surface area contributed by atoms with Crippen molar-refractivity contribution in [3.63, 3.8) is 0 Å². The van der Waals surface area contributed by atoms with Crippen LogP contribution in [-0.2, 0) is 0 Å². The van der Waals surface area contributed by atoms with Gasteiger partial charge in [-0.3, -0.25) is 9.59 Å². The number of nitrogens with zero attached hydrogens (tertiary/aromatic N) is 2. The number of carbonyl (C=O) groups is 2. The molecule has 1 heterocycles. The predicted molar refractivity (Wildman–Crippen MR) is 80.9 cm³/mol. The van der Waals surface area contributed by atoms with Crippen LogP contribution in [0.5, 0.6) is 11.5 Å². The average Bonchev–Trinajstić information content (AvgIpc) is 2.59. The maximum atomic E-state index is 11.3. The maximum Gasteiger partial charge on any atom is 0.152 e. The van der Waals surface area contributed by atoms with Gasteiger partial charge in [-0.1, -0.05) is 0 Å². The smallest absolute Gasteiger partial charge is 0.152 e. The van der Waals surface area contributed by atoms with Crippen LogP contribution in [0.3, 0.4) is 0 Å². The molecule has 0 aliphatic heterocycles. The summed E-state index contributed by atoms with van der Waals surface area (Å²) in [5, 5.41) is 9.52. The van der Waals surface area contributed by atoms with E-state index in [0.29, 0.717) is 57.0 Å². The summed E-state index contributed by atoms with van der Waals surface area (Å²) in [6.07, 6.45) is 1.40. The number of ether oxygens (including phenoxy) is 2. The zero-order valence-electron chi connectivity index (χ0n) is 12.0. The van der Waals surface area contributed by atoms with Gasteiger partial charge in [-0.05, 0) is 24.3 Å². The molecule has 0 spiro atoms. The third-order valence-electron chi connectivity index (χ3n) is 3.49. The van der Waals surface area contributed by atoms with Crippen molar-refractivity contribution in [2.24, 2.45) is 0 Å². The minimum Gasteiger partial charge on any atom is -0.497 e. The van der Waals surface area contributed by atoms with E-state index in [9.17, 15) is 9.59 Å². The van der Waals surface area contributed by atoms with E-state index in [0.717, 1.165) is 0 Å². The first-order chi connectivity index (χ1) is 10.7. The standard InChI is InChI=1S/C16H12N2O4/c1-21-11-3-9(7-19)15-13(5-11)14-6-12(22-2)4-10(8-20)16(14)18-17-15/h3-8H,1-2H3. The zero-order valence-corrected chi connectivity index (χ0v) is 12.0. The Kier molecular flexibility index (Phi) is 3.42. The molecule has 0 radical (unpaired) electrons. The second-order valence-corrected chi connectivity index (χ2v) is 4.66. The fourth-order valence-electron chi connectivity index (χ4n) is 2.41. The molecule has 0 N–H and O–H groups in total. The Morgan fingerprint density at radius 1 is 0.773 bits per heavy atom. The second-order valence-electron chi connectivity index (χ2n) is 4.66. The lowest BCUT2D eigenvalue weighted by Gasteiger charge is -2.09. The summed E-state index contributed by atoms with van der Waals surface area (Å²) in [7, 11) is 3.04. The molecule has 6 nitrogen and oxygen atoms in total.